The molecule has 0 bridgehead atoms. The maximum atomic E-state index is 5.87. The summed E-state index contributed by atoms with van der Waals surface area (Å²) < 4.78 is 1.72. The summed E-state index contributed by atoms with van der Waals surface area (Å²) in [6.07, 6.45) is 5.37. The molecule has 0 amide bonds. The predicted molar refractivity (Wildman–Crippen MR) is 76.6 cm³/mol. The molecule has 0 radical (unpaired) electrons. The summed E-state index contributed by atoms with van der Waals surface area (Å²) in [5, 5.41) is 4.14. The Hall–Kier alpha value is -2.76. The van der Waals surface area contributed by atoms with E-state index in [-0.39, 0.29) is 0 Å². The number of pyridine rings is 1. The monoisotopic (exact) mass is 266 g/mol. The van der Waals surface area contributed by atoms with Gasteiger partial charge in [-0.15, -0.1) is 0 Å². The molecule has 0 spiro atoms. The van der Waals surface area contributed by atoms with E-state index in [1.807, 2.05) is 32.3 Å². The van der Waals surface area contributed by atoms with E-state index in [1.165, 1.54) is 0 Å². The lowest BCUT2D eigenvalue weighted by Gasteiger charge is -2.04. The summed E-state index contributed by atoms with van der Waals surface area (Å²) in [6, 6.07) is 5.59. The first-order valence-corrected chi connectivity index (χ1v) is 6.18. The van der Waals surface area contributed by atoms with Gasteiger partial charge in [0.2, 0.25) is 0 Å². The smallest absolute Gasteiger partial charge is 0.180 e. The van der Waals surface area contributed by atoms with Crippen LogP contribution >= 0.6 is 0 Å². The first-order valence-electron chi connectivity index (χ1n) is 6.18. The van der Waals surface area contributed by atoms with Crippen molar-refractivity contribution in [1.82, 2.24) is 24.7 Å². The lowest BCUT2D eigenvalue weighted by atomic mass is 10.2. The Kier molecular flexibility index (Phi) is 2.90. The minimum Gasteiger partial charge on any atom is -0.384 e. The lowest BCUT2D eigenvalue weighted by molar-refractivity contribution is 0.768. The molecule has 3 rings (SSSR count). The number of rotatable bonds is 2. The molecule has 6 nitrogen and oxygen atoms in total. The average Bonchev–Trinajstić information content (AvgIpc) is 2.85. The largest absolute Gasteiger partial charge is 0.384 e. The molecule has 100 valence electrons. The van der Waals surface area contributed by atoms with E-state index in [4.69, 9.17) is 5.73 Å². The zero-order valence-corrected chi connectivity index (χ0v) is 11.3. The number of anilines is 1. The van der Waals surface area contributed by atoms with Crippen molar-refractivity contribution in [3.63, 3.8) is 0 Å². The van der Waals surface area contributed by atoms with Crippen molar-refractivity contribution in [2.45, 2.75) is 6.92 Å². The second-order valence-corrected chi connectivity index (χ2v) is 4.62. The number of hydrogen-bond acceptors (Lipinski definition) is 5. The van der Waals surface area contributed by atoms with E-state index >= 15 is 0 Å². The predicted octanol–water partition coefficient (Wildman–Crippen LogP) is 1.83. The van der Waals surface area contributed by atoms with Crippen LogP contribution in [0.5, 0.6) is 0 Å². The van der Waals surface area contributed by atoms with Crippen molar-refractivity contribution in [2.24, 2.45) is 7.05 Å². The minimum atomic E-state index is 0.414. The molecule has 3 heterocycles. The van der Waals surface area contributed by atoms with Crippen LogP contribution in [0.4, 0.5) is 5.82 Å². The highest BCUT2D eigenvalue weighted by molar-refractivity contribution is 5.64. The maximum Gasteiger partial charge on any atom is 0.180 e. The molecule has 0 aliphatic heterocycles. The van der Waals surface area contributed by atoms with Crippen molar-refractivity contribution in [3.05, 3.63) is 42.4 Å². The molecule has 3 aromatic heterocycles. The van der Waals surface area contributed by atoms with E-state index in [0.29, 0.717) is 17.3 Å². The fourth-order valence-corrected chi connectivity index (χ4v) is 1.94. The van der Waals surface area contributed by atoms with Crippen LogP contribution in [0.25, 0.3) is 22.8 Å². The van der Waals surface area contributed by atoms with E-state index in [0.717, 1.165) is 16.8 Å². The molecule has 0 aliphatic carbocycles. The fraction of sp³-hybridized carbons (Fsp3) is 0.143. The minimum absolute atomic E-state index is 0.414. The first-order chi connectivity index (χ1) is 9.61. The Balaban J connectivity index is 2.11. The Labute approximate surface area is 116 Å². The van der Waals surface area contributed by atoms with Gasteiger partial charge in [-0.25, -0.2) is 9.97 Å². The average molecular weight is 266 g/mol. The second kappa shape index (κ2) is 4.73. The Morgan fingerprint density at radius 1 is 1.15 bits per heavy atom. The van der Waals surface area contributed by atoms with Gasteiger partial charge < -0.3 is 5.73 Å². The topological polar surface area (TPSA) is 82.5 Å². The fourth-order valence-electron chi connectivity index (χ4n) is 1.94. The Bertz CT molecular complexity index is 762. The third-order valence-corrected chi connectivity index (χ3v) is 2.89. The molecule has 20 heavy (non-hydrogen) atoms. The van der Waals surface area contributed by atoms with Gasteiger partial charge in [-0.1, -0.05) is 0 Å². The number of hydrogen-bond donors (Lipinski definition) is 1. The normalized spacial score (nSPS) is 10.7. The van der Waals surface area contributed by atoms with Crippen LogP contribution in [-0.2, 0) is 7.05 Å². The summed E-state index contributed by atoms with van der Waals surface area (Å²) in [6.45, 7) is 2.00. The molecule has 0 aromatic carbocycles. The van der Waals surface area contributed by atoms with Crippen molar-refractivity contribution >= 4 is 5.82 Å². The Morgan fingerprint density at radius 2 is 2.00 bits per heavy atom. The van der Waals surface area contributed by atoms with Gasteiger partial charge in [0.15, 0.2) is 5.82 Å². The molecule has 0 unspecified atom stereocenters. The van der Waals surface area contributed by atoms with E-state index in [1.54, 1.807) is 23.1 Å². The van der Waals surface area contributed by atoms with Crippen molar-refractivity contribution in [2.75, 3.05) is 5.73 Å². The third kappa shape index (κ3) is 2.35. The van der Waals surface area contributed by atoms with Crippen LogP contribution in [0.3, 0.4) is 0 Å². The summed E-state index contributed by atoms with van der Waals surface area (Å²) >= 11 is 0. The first kappa shape index (κ1) is 12.3. The van der Waals surface area contributed by atoms with Crippen LogP contribution in [0, 0.1) is 6.92 Å². The van der Waals surface area contributed by atoms with Crippen molar-refractivity contribution in [3.8, 4) is 22.8 Å². The van der Waals surface area contributed by atoms with E-state index < -0.39 is 0 Å². The van der Waals surface area contributed by atoms with E-state index in [2.05, 4.69) is 20.1 Å². The number of nitrogens with zero attached hydrogens (tertiary/aromatic N) is 5. The lowest BCUT2D eigenvalue weighted by Crippen LogP contribution is -1.99. The summed E-state index contributed by atoms with van der Waals surface area (Å²) in [5.74, 6) is 0.935. The summed E-state index contributed by atoms with van der Waals surface area (Å²) in [7, 11) is 1.86. The second-order valence-electron chi connectivity index (χ2n) is 4.62. The zero-order chi connectivity index (χ0) is 14.1. The van der Waals surface area contributed by atoms with Gasteiger partial charge in [-0.3, -0.25) is 9.67 Å². The van der Waals surface area contributed by atoms with Gasteiger partial charge in [0.1, 0.15) is 11.5 Å². The molecule has 0 atom stereocenters. The van der Waals surface area contributed by atoms with Crippen molar-refractivity contribution in [1.29, 1.82) is 0 Å². The molecule has 0 saturated carbocycles. The van der Waals surface area contributed by atoms with Crippen LogP contribution < -0.4 is 5.73 Å². The number of aromatic nitrogens is 5. The molecule has 0 saturated heterocycles. The molecule has 0 fully saturated rings. The van der Waals surface area contributed by atoms with Gasteiger partial charge in [0.05, 0.1) is 11.9 Å². The number of nitrogens with two attached hydrogens (primary N) is 1. The van der Waals surface area contributed by atoms with Gasteiger partial charge in [-0.2, -0.15) is 5.10 Å². The number of aryl methyl sites for hydroxylation is 2. The van der Waals surface area contributed by atoms with Gasteiger partial charge in [0.25, 0.3) is 0 Å². The molecule has 2 N–H and O–H groups in total. The van der Waals surface area contributed by atoms with Crippen molar-refractivity contribution < 1.29 is 0 Å². The standard InChI is InChI=1S/C14H14N6/c1-9-3-4-16-12(5-9)14-18-11(6-13(15)19-14)10-7-17-20(2)8-10/h3-8H,1-2H3,(H2,15,18,19). The van der Waals surface area contributed by atoms with Crippen LogP contribution in [0.15, 0.2) is 36.8 Å². The van der Waals surface area contributed by atoms with Crippen LogP contribution in [0.1, 0.15) is 5.56 Å². The zero-order valence-electron chi connectivity index (χ0n) is 11.3. The molecule has 6 heteroatoms. The molecular formula is C14H14N6. The molecular weight excluding hydrogens is 252 g/mol. The van der Waals surface area contributed by atoms with Gasteiger partial charge in [0, 0.05) is 31.1 Å². The highest BCUT2D eigenvalue weighted by Gasteiger charge is 2.09. The maximum absolute atomic E-state index is 5.87. The van der Waals surface area contributed by atoms with E-state index in [9.17, 15) is 0 Å². The molecule has 3 aromatic rings. The summed E-state index contributed by atoms with van der Waals surface area (Å²) in [5.41, 5.74) is 9.32. The van der Waals surface area contributed by atoms with Gasteiger partial charge >= 0.3 is 0 Å². The quantitative estimate of drug-likeness (QED) is 0.765. The van der Waals surface area contributed by atoms with Gasteiger partial charge in [-0.05, 0) is 24.6 Å². The highest BCUT2D eigenvalue weighted by Crippen LogP contribution is 2.22. The Morgan fingerprint density at radius 3 is 2.70 bits per heavy atom. The summed E-state index contributed by atoms with van der Waals surface area (Å²) in [4.78, 5) is 13.1. The molecule has 0 aliphatic rings. The SMILES string of the molecule is Cc1ccnc(-c2nc(N)cc(-c3cnn(C)c3)n2)c1. The number of nitrogen functional groups attached to an aromatic ring is 1. The van der Waals surface area contributed by atoms with Crippen LogP contribution in [-0.4, -0.2) is 24.7 Å². The van der Waals surface area contributed by atoms with Crippen LogP contribution in [0.2, 0.25) is 0 Å². The highest BCUT2D eigenvalue weighted by atomic mass is 15.2. The third-order valence-electron chi connectivity index (χ3n) is 2.89.